The molecule has 2 aromatic carbocycles. The number of ether oxygens (including phenoxy) is 1. The Morgan fingerprint density at radius 2 is 1.58 bits per heavy atom. The lowest BCUT2D eigenvalue weighted by atomic mass is 10.0. The summed E-state index contributed by atoms with van der Waals surface area (Å²) in [5.41, 5.74) is 2.21. The summed E-state index contributed by atoms with van der Waals surface area (Å²) >= 11 is 0. The quantitative estimate of drug-likeness (QED) is 0.781. The highest BCUT2D eigenvalue weighted by Crippen LogP contribution is 2.27. The van der Waals surface area contributed by atoms with E-state index >= 15 is 0 Å². The Hall–Kier alpha value is -1.80. The number of phenolic OH excluding ortho intramolecular Hbond substituents is 1. The second-order valence-electron chi connectivity index (χ2n) is 4.61. The van der Waals surface area contributed by atoms with Crippen LogP contribution in [0.15, 0.2) is 54.6 Å². The molecule has 100 valence electrons. The number of aromatic hydroxyl groups is 1. The first-order chi connectivity index (χ1) is 9.31. The van der Waals surface area contributed by atoms with Gasteiger partial charge in [-0.25, -0.2) is 0 Å². The fraction of sp³-hybridized carbons (Fsp3) is 0.294. The van der Waals surface area contributed by atoms with Crippen molar-refractivity contribution in [1.82, 2.24) is 0 Å². The van der Waals surface area contributed by atoms with Crippen LogP contribution in [0.1, 0.15) is 37.0 Å². The monoisotopic (exact) mass is 256 g/mol. The molecule has 1 unspecified atom stereocenters. The Kier molecular flexibility index (Phi) is 4.99. The SMILES string of the molecule is CCCCOC(c1ccccc1)c1ccc(O)cc1. The Morgan fingerprint density at radius 3 is 2.21 bits per heavy atom. The van der Waals surface area contributed by atoms with Gasteiger partial charge in [0.25, 0.3) is 0 Å². The molecule has 19 heavy (non-hydrogen) atoms. The summed E-state index contributed by atoms with van der Waals surface area (Å²) in [6.07, 6.45) is 2.12. The van der Waals surface area contributed by atoms with E-state index < -0.39 is 0 Å². The molecule has 0 heterocycles. The molecule has 2 rings (SSSR count). The molecule has 0 spiro atoms. The smallest absolute Gasteiger partial charge is 0.115 e. The molecule has 0 saturated heterocycles. The van der Waals surface area contributed by atoms with E-state index in [0.29, 0.717) is 0 Å². The van der Waals surface area contributed by atoms with Crippen molar-refractivity contribution in [2.45, 2.75) is 25.9 Å². The maximum Gasteiger partial charge on any atom is 0.115 e. The molecule has 2 heteroatoms. The minimum Gasteiger partial charge on any atom is -0.508 e. The molecule has 0 radical (unpaired) electrons. The molecule has 2 aromatic rings. The topological polar surface area (TPSA) is 29.5 Å². The van der Waals surface area contributed by atoms with Crippen molar-refractivity contribution in [3.05, 3.63) is 65.7 Å². The summed E-state index contributed by atoms with van der Waals surface area (Å²) in [5, 5.41) is 9.38. The third-order valence-corrected chi connectivity index (χ3v) is 3.08. The molecule has 0 aliphatic rings. The summed E-state index contributed by atoms with van der Waals surface area (Å²) in [7, 11) is 0. The lowest BCUT2D eigenvalue weighted by molar-refractivity contribution is 0.0778. The van der Waals surface area contributed by atoms with Gasteiger partial charge in [0.1, 0.15) is 11.9 Å². The normalized spacial score (nSPS) is 12.3. The summed E-state index contributed by atoms with van der Waals surface area (Å²) < 4.78 is 6.01. The van der Waals surface area contributed by atoms with Crippen LogP contribution in [0.3, 0.4) is 0 Å². The minimum absolute atomic E-state index is 0.0617. The zero-order valence-corrected chi connectivity index (χ0v) is 11.3. The maximum atomic E-state index is 9.38. The average Bonchev–Trinajstić information content (AvgIpc) is 2.46. The third-order valence-electron chi connectivity index (χ3n) is 3.08. The number of rotatable bonds is 6. The zero-order valence-electron chi connectivity index (χ0n) is 11.3. The Balaban J connectivity index is 2.21. The Labute approximate surface area is 114 Å². The van der Waals surface area contributed by atoms with Crippen molar-refractivity contribution in [1.29, 1.82) is 0 Å². The predicted octanol–water partition coefficient (Wildman–Crippen LogP) is 4.30. The highest BCUT2D eigenvalue weighted by Gasteiger charge is 2.14. The summed E-state index contributed by atoms with van der Waals surface area (Å²) in [4.78, 5) is 0. The van der Waals surface area contributed by atoms with Crippen LogP contribution >= 0.6 is 0 Å². The molecule has 2 nitrogen and oxygen atoms in total. The molecule has 0 bridgehead atoms. The molecule has 1 N–H and O–H groups in total. The first-order valence-electron chi connectivity index (χ1n) is 6.76. The van der Waals surface area contributed by atoms with Gasteiger partial charge < -0.3 is 9.84 Å². The van der Waals surface area contributed by atoms with Gasteiger partial charge in [0, 0.05) is 6.61 Å². The van der Waals surface area contributed by atoms with Crippen LogP contribution in [-0.2, 0) is 4.74 Å². The number of hydrogen-bond acceptors (Lipinski definition) is 2. The van der Waals surface area contributed by atoms with E-state index in [0.717, 1.165) is 30.6 Å². The van der Waals surface area contributed by atoms with Gasteiger partial charge in [0.2, 0.25) is 0 Å². The van der Waals surface area contributed by atoms with Crippen LogP contribution in [0.4, 0.5) is 0 Å². The minimum atomic E-state index is -0.0617. The molecular weight excluding hydrogens is 236 g/mol. The molecule has 0 fully saturated rings. The predicted molar refractivity (Wildman–Crippen MR) is 77.3 cm³/mol. The highest BCUT2D eigenvalue weighted by molar-refractivity contribution is 5.33. The van der Waals surface area contributed by atoms with Gasteiger partial charge in [-0.3, -0.25) is 0 Å². The van der Waals surface area contributed by atoms with Crippen molar-refractivity contribution in [2.75, 3.05) is 6.61 Å². The van der Waals surface area contributed by atoms with E-state index in [2.05, 4.69) is 19.1 Å². The highest BCUT2D eigenvalue weighted by atomic mass is 16.5. The largest absolute Gasteiger partial charge is 0.508 e. The van der Waals surface area contributed by atoms with Crippen molar-refractivity contribution in [2.24, 2.45) is 0 Å². The second kappa shape index (κ2) is 6.95. The van der Waals surface area contributed by atoms with Gasteiger partial charge in [0.05, 0.1) is 0 Å². The second-order valence-corrected chi connectivity index (χ2v) is 4.61. The van der Waals surface area contributed by atoms with Crippen LogP contribution < -0.4 is 0 Å². The van der Waals surface area contributed by atoms with Crippen molar-refractivity contribution in [3.63, 3.8) is 0 Å². The molecule has 0 aromatic heterocycles. The number of benzene rings is 2. The Bertz CT molecular complexity index is 476. The fourth-order valence-corrected chi connectivity index (χ4v) is 2.01. The number of unbranched alkanes of at least 4 members (excludes halogenated alkanes) is 1. The number of hydrogen-bond donors (Lipinski definition) is 1. The number of phenols is 1. The molecule has 0 amide bonds. The van der Waals surface area contributed by atoms with Gasteiger partial charge in [-0.2, -0.15) is 0 Å². The molecular formula is C17H20O2. The van der Waals surface area contributed by atoms with E-state index in [4.69, 9.17) is 4.74 Å². The van der Waals surface area contributed by atoms with Crippen molar-refractivity contribution >= 4 is 0 Å². The van der Waals surface area contributed by atoms with Gasteiger partial charge in [-0.15, -0.1) is 0 Å². The maximum absolute atomic E-state index is 9.38. The van der Waals surface area contributed by atoms with Crippen molar-refractivity contribution < 1.29 is 9.84 Å². The van der Waals surface area contributed by atoms with Crippen LogP contribution in [0.2, 0.25) is 0 Å². The lowest BCUT2D eigenvalue weighted by Crippen LogP contribution is -2.07. The van der Waals surface area contributed by atoms with Crippen LogP contribution in [-0.4, -0.2) is 11.7 Å². The first kappa shape index (κ1) is 13.6. The fourth-order valence-electron chi connectivity index (χ4n) is 2.01. The lowest BCUT2D eigenvalue weighted by Gasteiger charge is -2.19. The Morgan fingerprint density at radius 1 is 0.947 bits per heavy atom. The average molecular weight is 256 g/mol. The first-order valence-corrected chi connectivity index (χ1v) is 6.76. The van der Waals surface area contributed by atoms with Gasteiger partial charge >= 0.3 is 0 Å². The van der Waals surface area contributed by atoms with Crippen LogP contribution in [0, 0.1) is 0 Å². The third kappa shape index (κ3) is 3.83. The van der Waals surface area contributed by atoms with Crippen LogP contribution in [0.5, 0.6) is 5.75 Å². The molecule has 0 saturated carbocycles. The van der Waals surface area contributed by atoms with Crippen LogP contribution in [0.25, 0.3) is 0 Å². The van der Waals surface area contributed by atoms with E-state index in [-0.39, 0.29) is 11.9 Å². The van der Waals surface area contributed by atoms with Gasteiger partial charge in [-0.05, 0) is 29.7 Å². The van der Waals surface area contributed by atoms with E-state index in [9.17, 15) is 5.11 Å². The van der Waals surface area contributed by atoms with E-state index in [1.54, 1.807) is 12.1 Å². The molecule has 0 aliphatic carbocycles. The summed E-state index contributed by atoms with van der Waals surface area (Å²) in [5.74, 6) is 0.282. The standard InChI is InChI=1S/C17H20O2/c1-2-3-13-19-17(14-7-5-4-6-8-14)15-9-11-16(18)12-10-15/h4-12,17-18H,2-3,13H2,1H3. The summed E-state index contributed by atoms with van der Waals surface area (Å²) in [6, 6.07) is 17.4. The zero-order chi connectivity index (χ0) is 13.5. The van der Waals surface area contributed by atoms with Gasteiger partial charge in [-0.1, -0.05) is 55.8 Å². The molecule has 1 atom stereocenters. The van der Waals surface area contributed by atoms with Gasteiger partial charge in [0.15, 0.2) is 0 Å². The van der Waals surface area contributed by atoms with Crippen molar-refractivity contribution in [3.8, 4) is 5.75 Å². The van der Waals surface area contributed by atoms with E-state index in [1.807, 2.05) is 30.3 Å². The summed E-state index contributed by atoms with van der Waals surface area (Å²) in [6.45, 7) is 2.90. The molecule has 0 aliphatic heterocycles. The van der Waals surface area contributed by atoms with E-state index in [1.165, 1.54) is 0 Å².